The van der Waals surface area contributed by atoms with Gasteiger partial charge >= 0.3 is 0 Å². The summed E-state index contributed by atoms with van der Waals surface area (Å²) in [5, 5.41) is 8.69. The van der Waals surface area contributed by atoms with E-state index in [2.05, 4.69) is 31.9 Å². The van der Waals surface area contributed by atoms with Gasteiger partial charge in [-0.1, -0.05) is 31.9 Å². The molecular formula is C13H17Br2NO2. The van der Waals surface area contributed by atoms with Crippen LogP contribution in [0.2, 0.25) is 0 Å². The van der Waals surface area contributed by atoms with Crippen molar-refractivity contribution in [2.75, 3.05) is 20.2 Å². The fourth-order valence-corrected chi connectivity index (χ4v) is 2.93. The first kappa shape index (κ1) is 15.7. The molecule has 0 aliphatic carbocycles. The van der Waals surface area contributed by atoms with Gasteiger partial charge in [0.1, 0.15) is 0 Å². The van der Waals surface area contributed by atoms with Crippen LogP contribution < -0.4 is 0 Å². The normalized spacial score (nSPS) is 10.4. The first-order valence-electron chi connectivity index (χ1n) is 5.87. The summed E-state index contributed by atoms with van der Waals surface area (Å²) >= 11 is 6.75. The maximum atomic E-state index is 12.1. The highest BCUT2D eigenvalue weighted by molar-refractivity contribution is 9.11. The summed E-state index contributed by atoms with van der Waals surface area (Å²) in [6.45, 7) is 0.930. The SMILES string of the molecule is CN(CCCCCO)C(=O)c1cc(Br)cc(Br)c1. The summed E-state index contributed by atoms with van der Waals surface area (Å²) in [6.07, 6.45) is 2.65. The van der Waals surface area contributed by atoms with Crippen LogP contribution in [0.4, 0.5) is 0 Å². The van der Waals surface area contributed by atoms with E-state index in [1.165, 1.54) is 0 Å². The number of halogens is 2. The lowest BCUT2D eigenvalue weighted by Crippen LogP contribution is -2.27. The summed E-state index contributed by atoms with van der Waals surface area (Å²) in [5.74, 6) is 0.0148. The van der Waals surface area contributed by atoms with Crippen LogP contribution in [0.15, 0.2) is 27.1 Å². The largest absolute Gasteiger partial charge is 0.396 e. The van der Waals surface area contributed by atoms with Crippen LogP contribution in [-0.2, 0) is 0 Å². The van der Waals surface area contributed by atoms with Crippen molar-refractivity contribution in [3.05, 3.63) is 32.7 Å². The average Bonchev–Trinajstić information content (AvgIpc) is 2.32. The molecule has 0 radical (unpaired) electrons. The predicted molar refractivity (Wildman–Crippen MR) is 79.7 cm³/mol. The fraction of sp³-hybridized carbons (Fsp3) is 0.462. The van der Waals surface area contributed by atoms with Crippen LogP contribution in [0.1, 0.15) is 29.6 Å². The van der Waals surface area contributed by atoms with E-state index in [0.717, 1.165) is 28.2 Å². The van der Waals surface area contributed by atoms with Gasteiger partial charge < -0.3 is 10.0 Å². The molecule has 0 unspecified atom stereocenters. The van der Waals surface area contributed by atoms with Crippen LogP contribution in [0, 0.1) is 0 Å². The molecular weight excluding hydrogens is 362 g/mol. The van der Waals surface area contributed by atoms with E-state index in [1.807, 2.05) is 18.2 Å². The summed E-state index contributed by atoms with van der Waals surface area (Å²) < 4.78 is 1.77. The Bertz CT molecular complexity index is 390. The van der Waals surface area contributed by atoms with Crippen LogP contribution in [0.25, 0.3) is 0 Å². The summed E-state index contributed by atoms with van der Waals surface area (Å²) in [7, 11) is 1.80. The Balaban J connectivity index is 2.57. The highest BCUT2D eigenvalue weighted by Gasteiger charge is 2.12. The third kappa shape index (κ3) is 5.08. The molecule has 1 N–H and O–H groups in total. The molecule has 0 bridgehead atoms. The Labute approximate surface area is 124 Å². The standard InChI is InChI=1S/C13H17Br2NO2/c1-16(5-3-2-4-6-17)13(18)10-7-11(14)9-12(15)8-10/h7-9,17H,2-6H2,1H3. The number of aliphatic hydroxyl groups is 1. The minimum absolute atomic E-state index is 0.0148. The summed E-state index contributed by atoms with van der Waals surface area (Å²) in [4.78, 5) is 13.9. The van der Waals surface area contributed by atoms with Gasteiger partial charge in [-0.05, 0) is 37.5 Å². The molecule has 0 aromatic heterocycles. The highest BCUT2D eigenvalue weighted by atomic mass is 79.9. The highest BCUT2D eigenvalue weighted by Crippen LogP contribution is 2.21. The predicted octanol–water partition coefficient (Wildman–Crippen LogP) is 3.45. The third-order valence-corrected chi connectivity index (χ3v) is 3.52. The zero-order valence-corrected chi connectivity index (χ0v) is 13.5. The number of rotatable bonds is 6. The van der Waals surface area contributed by atoms with Crippen molar-refractivity contribution in [3.63, 3.8) is 0 Å². The van der Waals surface area contributed by atoms with Crippen molar-refractivity contribution in [1.29, 1.82) is 0 Å². The molecule has 1 amide bonds. The molecule has 0 saturated heterocycles. The third-order valence-electron chi connectivity index (χ3n) is 2.61. The topological polar surface area (TPSA) is 40.5 Å². The van der Waals surface area contributed by atoms with Crippen molar-refractivity contribution in [3.8, 4) is 0 Å². The molecule has 0 aliphatic heterocycles. The number of hydrogen-bond donors (Lipinski definition) is 1. The van der Waals surface area contributed by atoms with Crippen LogP contribution in [0.5, 0.6) is 0 Å². The van der Waals surface area contributed by atoms with Gasteiger partial charge in [0.25, 0.3) is 5.91 Å². The van der Waals surface area contributed by atoms with Crippen molar-refractivity contribution >= 4 is 37.8 Å². The second-order valence-electron chi connectivity index (χ2n) is 4.17. The Hall–Kier alpha value is -0.390. The fourth-order valence-electron chi connectivity index (χ4n) is 1.64. The Kier molecular flexibility index (Phi) is 6.89. The lowest BCUT2D eigenvalue weighted by molar-refractivity contribution is 0.0792. The van der Waals surface area contributed by atoms with E-state index < -0.39 is 0 Å². The van der Waals surface area contributed by atoms with Crippen LogP contribution in [-0.4, -0.2) is 36.1 Å². The zero-order valence-electron chi connectivity index (χ0n) is 10.3. The van der Waals surface area contributed by atoms with Gasteiger partial charge in [0.05, 0.1) is 0 Å². The monoisotopic (exact) mass is 377 g/mol. The number of nitrogens with zero attached hydrogens (tertiary/aromatic N) is 1. The van der Waals surface area contributed by atoms with Gasteiger partial charge in [-0.2, -0.15) is 0 Å². The van der Waals surface area contributed by atoms with Crippen molar-refractivity contribution in [2.45, 2.75) is 19.3 Å². The van der Waals surface area contributed by atoms with Crippen molar-refractivity contribution in [1.82, 2.24) is 4.90 Å². The van der Waals surface area contributed by atoms with Crippen molar-refractivity contribution in [2.24, 2.45) is 0 Å². The number of benzene rings is 1. The van der Waals surface area contributed by atoms with Crippen LogP contribution >= 0.6 is 31.9 Å². The Morgan fingerprint density at radius 2 is 1.78 bits per heavy atom. The Morgan fingerprint density at radius 1 is 1.17 bits per heavy atom. The van der Waals surface area contributed by atoms with Gasteiger partial charge in [-0.3, -0.25) is 4.79 Å². The molecule has 0 heterocycles. The van der Waals surface area contributed by atoms with E-state index in [0.29, 0.717) is 12.1 Å². The number of hydrogen-bond acceptors (Lipinski definition) is 2. The quantitative estimate of drug-likeness (QED) is 0.770. The Morgan fingerprint density at radius 3 is 2.33 bits per heavy atom. The van der Waals surface area contributed by atoms with Gasteiger partial charge in [0, 0.05) is 34.7 Å². The summed E-state index contributed by atoms with van der Waals surface area (Å²) in [6, 6.07) is 5.53. The maximum Gasteiger partial charge on any atom is 0.253 e. The molecule has 0 fully saturated rings. The molecule has 0 atom stereocenters. The van der Waals surface area contributed by atoms with E-state index in [1.54, 1.807) is 11.9 Å². The van der Waals surface area contributed by atoms with E-state index in [9.17, 15) is 4.79 Å². The molecule has 1 aromatic carbocycles. The lowest BCUT2D eigenvalue weighted by Gasteiger charge is -2.17. The van der Waals surface area contributed by atoms with Gasteiger partial charge in [0.2, 0.25) is 0 Å². The second kappa shape index (κ2) is 7.92. The second-order valence-corrected chi connectivity index (χ2v) is 6.00. The summed E-state index contributed by atoms with van der Waals surface area (Å²) in [5.41, 5.74) is 0.668. The minimum Gasteiger partial charge on any atom is -0.396 e. The first-order valence-corrected chi connectivity index (χ1v) is 7.45. The molecule has 1 aromatic rings. The smallest absolute Gasteiger partial charge is 0.253 e. The van der Waals surface area contributed by atoms with Crippen molar-refractivity contribution < 1.29 is 9.90 Å². The zero-order chi connectivity index (χ0) is 13.5. The molecule has 18 heavy (non-hydrogen) atoms. The maximum absolute atomic E-state index is 12.1. The van der Waals surface area contributed by atoms with Gasteiger partial charge in [-0.25, -0.2) is 0 Å². The minimum atomic E-state index is 0.0148. The number of unbranched alkanes of at least 4 members (excludes halogenated alkanes) is 2. The van der Waals surface area contributed by atoms with E-state index in [-0.39, 0.29) is 12.5 Å². The number of carbonyl (C=O) groups is 1. The molecule has 3 nitrogen and oxygen atoms in total. The molecule has 0 aliphatic rings. The van der Waals surface area contributed by atoms with E-state index in [4.69, 9.17) is 5.11 Å². The van der Waals surface area contributed by atoms with E-state index >= 15 is 0 Å². The molecule has 0 spiro atoms. The molecule has 100 valence electrons. The average molecular weight is 379 g/mol. The lowest BCUT2D eigenvalue weighted by atomic mass is 10.2. The van der Waals surface area contributed by atoms with Crippen LogP contribution in [0.3, 0.4) is 0 Å². The molecule has 5 heteroatoms. The number of amides is 1. The van der Waals surface area contributed by atoms with Gasteiger partial charge in [-0.15, -0.1) is 0 Å². The first-order chi connectivity index (χ1) is 8.54. The van der Waals surface area contributed by atoms with Gasteiger partial charge in [0.15, 0.2) is 0 Å². The molecule has 0 saturated carbocycles. The number of carbonyl (C=O) groups excluding carboxylic acids is 1. The molecule has 1 rings (SSSR count). The number of aliphatic hydroxyl groups excluding tert-OH is 1.